The van der Waals surface area contributed by atoms with E-state index in [9.17, 15) is 23.3 Å². The molecule has 0 aromatic heterocycles. The van der Waals surface area contributed by atoms with E-state index in [4.69, 9.17) is 9.47 Å². The van der Waals surface area contributed by atoms with Gasteiger partial charge in [-0.1, -0.05) is 13.8 Å². The molecule has 0 bridgehead atoms. The Hall–Kier alpha value is -2.20. The number of nitro benzene ring substituents is 1. The van der Waals surface area contributed by atoms with Crippen molar-refractivity contribution in [2.45, 2.75) is 32.6 Å². The molecule has 0 spiro atoms. The largest absolute Gasteiger partial charge is 0.495 e. The van der Waals surface area contributed by atoms with Crippen molar-refractivity contribution in [3.05, 3.63) is 28.3 Å². The van der Waals surface area contributed by atoms with E-state index < -0.39 is 26.3 Å². The van der Waals surface area contributed by atoms with Crippen molar-refractivity contribution < 1.29 is 27.6 Å². The molecule has 10 heteroatoms. The standard InChI is InChI=1S/C17H26N2O7S/c1-12(2)10-18(11-17(3,4)16(20)26-6)27(23,24)15-9-13(19(21)22)7-8-14(15)25-5/h7-9,12H,10-11H2,1-6H3. The molecule has 0 fully saturated rings. The average Bonchev–Trinajstić information content (AvgIpc) is 2.58. The van der Waals surface area contributed by atoms with Crippen LogP contribution in [0, 0.1) is 21.4 Å². The zero-order valence-corrected chi connectivity index (χ0v) is 17.2. The van der Waals surface area contributed by atoms with Crippen LogP contribution in [0.1, 0.15) is 27.7 Å². The second-order valence-electron chi connectivity index (χ2n) is 7.16. The van der Waals surface area contributed by atoms with E-state index in [1.165, 1.54) is 26.4 Å². The van der Waals surface area contributed by atoms with Gasteiger partial charge in [-0.25, -0.2) is 8.42 Å². The van der Waals surface area contributed by atoms with Crippen molar-refractivity contribution in [3.8, 4) is 5.75 Å². The summed E-state index contributed by atoms with van der Waals surface area (Å²) < 4.78 is 37.6. The van der Waals surface area contributed by atoms with Crippen LogP contribution in [0.15, 0.2) is 23.1 Å². The van der Waals surface area contributed by atoms with Crippen LogP contribution >= 0.6 is 0 Å². The lowest BCUT2D eigenvalue weighted by atomic mass is 9.93. The van der Waals surface area contributed by atoms with E-state index in [-0.39, 0.29) is 35.3 Å². The van der Waals surface area contributed by atoms with E-state index in [0.29, 0.717) is 0 Å². The number of esters is 1. The van der Waals surface area contributed by atoms with Crippen LogP contribution in [0.3, 0.4) is 0 Å². The van der Waals surface area contributed by atoms with Crippen molar-refractivity contribution in [2.24, 2.45) is 11.3 Å². The number of non-ortho nitro benzene ring substituents is 1. The Balaban J connectivity index is 3.50. The highest BCUT2D eigenvalue weighted by molar-refractivity contribution is 7.89. The summed E-state index contributed by atoms with van der Waals surface area (Å²) in [5.41, 5.74) is -1.48. The molecule has 9 nitrogen and oxygen atoms in total. The van der Waals surface area contributed by atoms with Gasteiger partial charge in [0.1, 0.15) is 10.6 Å². The molecular weight excluding hydrogens is 376 g/mol. The van der Waals surface area contributed by atoms with Gasteiger partial charge in [-0.15, -0.1) is 0 Å². The number of rotatable bonds is 9. The van der Waals surface area contributed by atoms with E-state index in [1.807, 2.05) is 13.8 Å². The maximum Gasteiger partial charge on any atom is 0.312 e. The summed E-state index contributed by atoms with van der Waals surface area (Å²) in [4.78, 5) is 22.1. The molecule has 1 rings (SSSR count). The number of nitro groups is 1. The van der Waals surface area contributed by atoms with Gasteiger partial charge in [0.25, 0.3) is 5.69 Å². The molecular formula is C17H26N2O7S. The van der Waals surface area contributed by atoms with Crippen LogP contribution in [0.4, 0.5) is 5.69 Å². The van der Waals surface area contributed by atoms with Gasteiger partial charge in [0.15, 0.2) is 0 Å². The van der Waals surface area contributed by atoms with Crippen molar-refractivity contribution in [1.82, 2.24) is 4.31 Å². The third-order valence-corrected chi connectivity index (χ3v) is 5.69. The summed E-state index contributed by atoms with van der Waals surface area (Å²) in [5, 5.41) is 11.1. The lowest BCUT2D eigenvalue weighted by Crippen LogP contribution is -2.44. The molecule has 0 saturated carbocycles. The highest BCUT2D eigenvalue weighted by Crippen LogP contribution is 2.32. The zero-order valence-electron chi connectivity index (χ0n) is 16.4. The third kappa shape index (κ3) is 5.39. The summed E-state index contributed by atoms with van der Waals surface area (Å²) in [6.07, 6.45) is 0. The minimum atomic E-state index is -4.17. The molecule has 0 aliphatic heterocycles. The maximum atomic E-state index is 13.3. The number of benzene rings is 1. The second-order valence-corrected chi connectivity index (χ2v) is 9.07. The van der Waals surface area contributed by atoms with E-state index in [2.05, 4.69) is 0 Å². The van der Waals surface area contributed by atoms with Crippen molar-refractivity contribution in [3.63, 3.8) is 0 Å². The summed E-state index contributed by atoms with van der Waals surface area (Å²) >= 11 is 0. The molecule has 0 heterocycles. The molecule has 1 aromatic rings. The molecule has 0 radical (unpaired) electrons. The monoisotopic (exact) mass is 402 g/mol. The molecule has 0 aliphatic rings. The fourth-order valence-corrected chi connectivity index (χ4v) is 4.50. The fourth-order valence-electron chi connectivity index (χ4n) is 2.56. The Bertz CT molecular complexity index is 803. The van der Waals surface area contributed by atoms with Crippen LogP contribution < -0.4 is 4.74 Å². The highest BCUT2D eigenvalue weighted by atomic mass is 32.2. The minimum Gasteiger partial charge on any atom is -0.495 e. The van der Waals surface area contributed by atoms with E-state index >= 15 is 0 Å². The van der Waals surface area contributed by atoms with Gasteiger partial charge >= 0.3 is 5.97 Å². The fraction of sp³-hybridized carbons (Fsp3) is 0.588. The molecule has 152 valence electrons. The topological polar surface area (TPSA) is 116 Å². The number of sulfonamides is 1. The Labute approximate surface area is 159 Å². The van der Waals surface area contributed by atoms with Gasteiger partial charge in [0, 0.05) is 25.2 Å². The van der Waals surface area contributed by atoms with Crippen LogP contribution in [0.25, 0.3) is 0 Å². The van der Waals surface area contributed by atoms with Crippen LogP contribution in [-0.4, -0.2) is 50.9 Å². The molecule has 1 aromatic carbocycles. The number of hydrogen-bond donors (Lipinski definition) is 0. The normalized spacial score (nSPS) is 12.3. The molecule has 0 unspecified atom stereocenters. The quantitative estimate of drug-likeness (QED) is 0.354. The lowest BCUT2D eigenvalue weighted by molar-refractivity contribution is -0.385. The molecule has 0 N–H and O–H groups in total. The first-order valence-corrected chi connectivity index (χ1v) is 9.71. The van der Waals surface area contributed by atoms with E-state index in [0.717, 1.165) is 10.4 Å². The lowest BCUT2D eigenvalue weighted by Gasteiger charge is -2.31. The first-order valence-electron chi connectivity index (χ1n) is 8.27. The van der Waals surface area contributed by atoms with Gasteiger partial charge < -0.3 is 9.47 Å². The van der Waals surface area contributed by atoms with E-state index in [1.54, 1.807) is 13.8 Å². The first kappa shape index (κ1) is 22.8. The molecule has 0 atom stereocenters. The number of hydrogen-bond acceptors (Lipinski definition) is 7. The number of ether oxygens (including phenoxy) is 2. The summed E-state index contributed by atoms with van der Waals surface area (Å²) in [6, 6.07) is 3.37. The van der Waals surface area contributed by atoms with Gasteiger partial charge in [0.05, 0.1) is 24.6 Å². The summed E-state index contributed by atoms with van der Waals surface area (Å²) in [7, 11) is -1.66. The smallest absolute Gasteiger partial charge is 0.312 e. The van der Waals surface area contributed by atoms with Crippen LogP contribution in [0.2, 0.25) is 0 Å². The zero-order chi connectivity index (χ0) is 21.0. The second kappa shape index (κ2) is 8.66. The SMILES string of the molecule is COC(=O)C(C)(C)CN(CC(C)C)S(=O)(=O)c1cc([N+](=O)[O-])ccc1OC. The average molecular weight is 402 g/mol. The number of carbonyl (C=O) groups is 1. The van der Waals surface area contributed by atoms with Crippen LogP contribution in [-0.2, 0) is 19.6 Å². The maximum absolute atomic E-state index is 13.3. The number of nitrogens with zero attached hydrogens (tertiary/aromatic N) is 2. The Morgan fingerprint density at radius 1 is 1.30 bits per heavy atom. The van der Waals surface area contributed by atoms with Crippen molar-refractivity contribution in [2.75, 3.05) is 27.3 Å². The summed E-state index contributed by atoms with van der Waals surface area (Å²) in [5.74, 6) is -0.611. The van der Waals surface area contributed by atoms with Gasteiger partial charge in [0.2, 0.25) is 10.0 Å². The Morgan fingerprint density at radius 3 is 2.33 bits per heavy atom. The van der Waals surface area contributed by atoms with Gasteiger partial charge in [-0.05, 0) is 25.8 Å². The predicted octanol–water partition coefficient (Wildman–Crippen LogP) is 2.45. The van der Waals surface area contributed by atoms with Crippen LogP contribution in [0.5, 0.6) is 5.75 Å². The molecule has 0 amide bonds. The molecule has 0 saturated heterocycles. The Morgan fingerprint density at radius 2 is 1.89 bits per heavy atom. The van der Waals surface area contributed by atoms with Gasteiger partial charge in [-0.3, -0.25) is 14.9 Å². The van der Waals surface area contributed by atoms with Gasteiger partial charge in [-0.2, -0.15) is 4.31 Å². The highest BCUT2D eigenvalue weighted by Gasteiger charge is 2.38. The molecule has 0 aliphatic carbocycles. The van der Waals surface area contributed by atoms with Crippen molar-refractivity contribution in [1.29, 1.82) is 0 Å². The first-order chi connectivity index (χ1) is 12.4. The predicted molar refractivity (Wildman–Crippen MR) is 99.0 cm³/mol. The van der Waals surface area contributed by atoms with Crippen molar-refractivity contribution >= 4 is 21.7 Å². The Kier molecular flexibility index (Phi) is 7.32. The number of carbonyl (C=O) groups excluding carboxylic acids is 1. The number of methoxy groups -OCH3 is 2. The summed E-state index contributed by atoms with van der Waals surface area (Å²) in [6.45, 7) is 6.79. The third-order valence-electron chi connectivity index (χ3n) is 3.85. The minimum absolute atomic E-state index is 0.00905. The molecule has 27 heavy (non-hydrogen) atoms.